The summed E-state index contributed by atoms with van der Waals surface area (Å²) >= 11 is 1.63. The molecule has 4 heteroatoms. The van der Waals surface area contributed by atoms with E-state index in [4.69, 9.17) is 0 Å². The molecule has 2 aromatic carbocycles. The molecule has 2 heterocycles. The fourth-order valence-corrected chi connectivity index (χ4v) is 4.49. The van der Waals surface area contributed by atoms with Crippen molar-refractivity contribution in [2.24, 2.45) is 0 Å². The largest absolute Gasteiger partial charge is 0.302 e. The predicted octanol–water partition coefficient (Wildman–Crippen LogP) is 4.91. The van der Waals surface area contributed by atoms with Crippen LogP contribution in [0, 0.1) is 11.3 Å². The van der Waals surface area contributed by atoms with E-state index in [0.717, 1.165) is 59.7 Å². The number of hydrogen-bond donors (Lipinski definition) is 0. The minimum atomic E-state index is 0.800. The Morgan fingerprint density at radius 3 is 2.50 bits per heavy atom. The smallest absolute Gasteiger partial charge is 0.135 e. The molecule has 0 spiro atoms. The number of para-hydroxylation sites is 1. The van der Waals surface area contributed by atoms with Crippen molar-refractivity contribution >= 4 is 27.1 Å². The maximum absolute atomic E-state index is 9.72. The van der Waals surface area contributed by atoms with Crippen LogP contribution in [0.15, 0.2) is 60.2 Å². The van der Waals surface area contributed by atoms with Crippen LogP contribution in [0.3, 0.4) is 0 Å². The lowest BCUT2D eigenvalue weighted by Crippen LogP contribution is -2.32. The van der Waals surface area contributed by atoms with Gasteiger partial charge in [0.05, 0.1) is 15.8 Å². The third-order valence-corrected chi connectivity index (χ3v) is 6.05. The maximum Gasteiger partial charge on any atom is 0.135 e. The Kier molecular flexibility index (Phi) is 5.10. The molecule has 0 amide bonds. The van der Waals surface area contributed by atoms with Crippen LogP contribution in [-0.2, 0) is 6.42 Å². The number of likely N-dealkylation sites (tertiary alicyclic amines) is 1. The summed E-state index contributed by atoms with van der Waals surface area (Å²) in [5, 5.41) is 10.6. The van der Waals surface area contributed by atoms with Crippen molar-refractivity contribution in [2.75, 3.05) is 19.6 Å². The maximum atomic E-state index is 9.72. The van der Waals surface area contributed by atoms with Crippen LogP contribution in [0.2, 0.25) is 0 Å². The van der Waals surface area contributed by atoms with Gasteiger partial charge in [0.15, 0.2) is 0 Å². The number of allylic oxidation sites excluding steroid dienone is 1. The average molecular weight is 359 g/mol. The van der Waals surface area contributed by atoms with Gasteiger partial charge in [0.1, 0.15) is 11.1 Å². The van der Waals surface area contributed by atoms with Crippen LogP contribution in [0.4, 0.5) is 0 Å². The lowest BCUT2D eigenvalue weighted by Gasteiger charge is -2.28. The summed E-state index contributed by atoms with van der Waals surface area (Å²) in [5.41, 5.74) is 4.44. The molecule has 0 N–H and O–H groups in total. The third-order valence-electron chi connectivity index (χ3n) is 4.99. The first-order valence-electron chi connectivity index (χ1n) is 9.08. The topological polar surface area (TPSA) is 39.9 Å². The Balaban J connectivity index is 1.44. The highest BCUT2D eigenvalue weighted by atomic mass is 32.1. The fourth-order valence-electron chi connectivity index (χ4n) is 3.49. The van der Waals surface area contributed by atoms with Gasteiger partial charge in [-0.2, -0.15) is 5.26 Å². The summed E-state index contributed by atoms with van der Waals surface area (Å²) < 4.78 is 1.15. The van der Waals surface area contributed by atoms with E-state index in [2.05, 4.69) is 52.4 Å². The lowest BCUT2D eigenvalue weighted by atomic mass is 9.98. The predicted molar refractivity (Wildman–Crippen MR) is 108 cm³/mol. The average Bonchev–Trinajstić information content (AvgIpc) is 3.12. The summed E-state index contributed by atoms with van der Waals surface area (Å²) in [6.07, 6.45) is 3.02. The number of hydrogen-bond acceptors (Lipinski definition) is 4. The van der Waals surface area contributed by atoms with E-state index >= 15 is 0 Å². The van der Waals surface area contributed by atoms with Gasteiger partial charge >= 0.3 is 0 Å². The number of thiazole rings is 1. The number of fused-ring (bicyclic) bond motifs is 1. The van der Waals surface area contributed by atoms with Crippen LogP contribution >= 0.6 is 11.3 Å². The quantitative estimate of drug-likeness (QED) is 0.621. The zero-order valence-corrected chi connectivity index (χ0v) is 15.5. The van der Waals surface area contributed by atoms with Crippen molar-refractivity contribution in [2.45, 2.75) is 19.3 Å². The summed E-state index contributed by atoms with van der Waals surface area (Å²) in [7, 11) is 0. The van der Waals surface area contributed by atoms with Crippen LogP contribution in [0.5, 0.6) is 0 Å². The zero-order chi connectivity index (χ0) is 17.8. The zero-order valence-electron chi connectivity index (χ0n) is 14.7. The van der Waals surface area contributed by atoms with Crippen molar-refractivity contribution in [1.29, 1.82) is 5.26 Å². The van der Waals surface area contributed by atoms with Crippen molar-refractivity contribution in [3.63, 3.8) is 0 Å². The highest BCUT2D eigenvalue weighted by molar-refractivity contribution is 7.19. The molecule has 0 atom stereocenters. The molecular formula is C22H21N3S. The van der Waals surface area contributed by atoms with E-state index < -0.39 is 0 Å². The summed E-state index contributed by atoms with van der Waals surface area (Å²) in [6.45, 7) is 3.14. The van der Waals surface area contributed by atoms with Gasteiger partial charge in [0, 0.05) is 19.6 Å². The second-order valence-electron chi connectivity index (χ2n) is 6.65. The van der Waals surface area contributed by atoms with E-state index in [9.17, 15) is 5.26 Å². The Hall–Kier alpha value is -2.48. The van der Waals surface area contributed by atoms with Crippen LogP contribution < -0.4 is 0 Å². The normalized spacial score (nSPS) is 15.1. The second kappa shape index (κ2) is 7.82. The minimum absolute atomic E-state index is 0.800. The van der Waals surface area contributed by atoms with E-state index in [-0.39, 0.29) is 0 Å². The van der Waals surface area contributed by atoms with Gasteiger partial charge < -0.3 is 4.90 Å². The highest BCUT2D eigenvalue weighted by Crippen LogP contribution is 2.31. The van der Waals surface area contributed by atoms with Crippen molar-refractivity contribution < 1.29 is 0 Å². The fraction of sp³-hybridized carbons (Fsp3) is 0.273. The molecule has 3 nitrogen and oxygen atoms in total. The lowest BCUT2D eigenvalue weighted by molar-refractivity contribution is 0.260. The van der Waals surface area contributed by atoms with Crippen LogP contribution in [0.25, 0.3) is 15.8 Å². The molecule has 1 aliphatic heterocycles. The monoisotopic (exact) mass is 359 g/mol. The van der Waals surface area contributed by atoms with Crippen molar-refractivity contribution in [1.82, 2.24) is 9.88 Å². The number of piperidine rings is 1. The van der Waals surface area contributed by atoms with Crippen LogP contribution in [-0.4, -0.2) is 29.5 Å². The van der Waals surface area contributed by atoms with Gasteiger partial charge in [-0.05, 0) is 42.5 Å². The number of rotatable bonds is 4. The van der Waals surface area contributed by atoms with Gasteiger partial charge in [-0.25, -0.2) is 4.98 Å². The van der Waals surface area contributed by atoms with Gasteiger partial charge in [-0.3, -0.25) is 0 Å². The molecule has 1 aromatic heterocycles. The summed E-state index contributed by atoms with van der Waals surface area (Å²) in [6, 6.07) is 21.2. The van der Waals surface area contributed by atoms with Crippen LogP contribution in [0.1, 0.15) is 23.4 Å². The molecule has 4 rings (SSSR count). The number of benzene rings is 2. The van der Waals surface area contributed by atoms with E-state index in [1.807, 2.05) is 18.2 Å². The number of nitriles is 1. The molecule has 0 unspecified atom stereocenters. The Labute approximate surface area is 158 Å². The molecule has 1 saturated heterocycles. The molecule has 0 radical (unpaired) electrons. The van der Waals surface area contributed by atoms with E-state index in [1.165, 1.54) is 11.1 Å². The molecule has 0 aliphatic carbocycles. The molecule has 0 saturated carbocycles. The Morgan fingerprint density at radius 2 is 1.77 bits per heavy atom. The van der Waals surface area contributed by atoms with Gasteiger partial charge in [-0.15, -0.1) is 11.3 Å². The molecule has 26 heavy (non-hydrogen) atoms. The third kappa shape index (κ3) is 3.70. The minimum Gasteiger partial charge on any atom is -0.302 e. The van der Waals surface area contributed by atoms with Gasteiger partial charge in [-0.1, -0.05) is 42.5 Å². The first-order valence-corrected chi connectivity index (χ1v) is 9.89. The summed E-state index contributed by atoms with van der Waals surface area (Å²) in [4.78, 5) is 7.18. The molecule has 1 fully saturated rings. The molecule has 0 bridgehead atoms. The SMILES string of the molecule is N#CC(=C1CCN(CCc2ccccc2)CC1)c1nc2ccccc2s1. The standard InChI is InChI=1S/C22H21N3S/c23-16-19(22-24-20-8-4-5-9-21(20)26-22)18-11-14-25(15-12-18)13-10-17-6-2-1-3-7-17/h1-9H,10-15H2. The molecular weight excluding hydrogens is 338 g/mol. The van der Waals surface area contributed by atoms with E-state index in [0.29, 0.717) is 0 Å². The van der Waals surface area contributed by atoms with Gasteiger partial charge in [0.25, 0.3) is 0 Å². The highest BCUT2D eigenvalue weighted by Gasteiger charge is 2.19. The molecule has 130 valence electrons. The Morgan fingerprint density at radius 1 is 1.04 bits per heavy atom. The first-order chi connectivity index (χ1) is 12.8. The molecule has 3 aromatic rings. The first kappa shape index (κ1) is 17.0. The van der Waals surface area contributed by atoms with E-state index in [1.54, 1.807) is 11.3 Å². The Bertz CT molecular complexity index is 923. The molecule has 1 aliphatic rings. The number of nitrogens with zero attached hydrogens (tertiary/aromatic N) is 3. The second-order valence-corrected chi connectivity index (χ2v) is 7.68. The van der Waals surface area contributed by atoms with Crippen molar-refractivity contribution in [3.05, 3.63) is 70.7 Å². The number of aromatic nitrogens is 1. The van der Waals surface area contributed by atoms with Crippen molar-refractivity contribution in [3.8, 4) is 6.07 Å². The summed E-state index contributed by atoms with van der Waals surface area (Å²) in [5.74, 6) is 0. The van der Waals surface area contributed by atoms with Gasteiger partial charge in [0.2, 0.25) is 0 Å².